The van der Waals surface area contributed by atoms with E-state index in [9.17, 15) is 19.7 Å². The number of pyridine rings is 1. The van der Waals surface area contributed by atoms with E-state index < -0.39 is 4.92 Å². The summed E-state index contributed by atoms with van der Waals surface area (Å²) in [4.78, 5) is 38.6. The minimum Gasteiger partial charge on any atom is -0.365 e. The van der Waals surface area contributed by atoms with Crippen LogP contribution in [0.2, 0.25) is 0 Å². The van der Waals surface area contributed by atoms with Crippen molar-refractivity contribution in [3.8, 4) is 0 Å². The fourth-order valence-electron chi connectivity index (χ4n) is 5.27. The summed E-state index contributed by atoms with van der Waals surface area (Å²) in [6.45, 7) is 2.35. The van der Waals surface area contributed by atoms with E-state index in [0.29, 0.717) is 31.9 Å². The molecule has 0 saturated carbocycles. The number of nitrogens with zero attached hydrogens (tertiary/aromatic N) is 3. The number of hydrogen-bond acceptors (Lipinski definition) is 6. The average Bonchev–Trinajstić information content (AvgIpc) is 2.89. The quantitative estimate of drug-likeness (QED) is 0.282. The van der Waals surface area contributed by atoms with Crippen LogP contribution in [-0.2, 0) is 12.3 Å². The number of rotatable bonds is 8. The number of carbonyl (C=O) groups is 1. The van der Waals surface area contributed by atoms with Crippen LogP contribution in [0.3, 0.4) is 0 Å². The molecule has 3 heterocycles. The van der Waals surface area contributed by atoms with Crippen molar-refractivity contribution in [3.63, 3.8) is 0 Å². The van der Waals surface area contributed by atoms with Gasteiger partial charge in [-0.25, -0.2) is 0 Å². The molecule has 1 amide bonds. The van der Waals surface area contributed by atoms with Gasteiger partial charge < -0.3 is 14.8 Å². The van der Waals surface area contributed by atoms with Gasteiger partial charge in [-0.1, -0.05) is 36.4 Å². The lowest BCUT2D eigenvalue weighted by Crippen LogP contribution is -2.47. The van der Waals surface area contributed by atoms with E-state index in [1.54, 1.807) is 36.0 Å². The number of hydrogen-bond donors (Lipinski definition) is 1. The van der Waals surface area contributed by atoms with E-state index in [2.05, 4.69) is 17.4 Å². The van der Waals surface area contributed by atoms with Gasteiger partial charge >= 0.3 is 0 Å². The second kappa shape index (κ2) is 10.6. The van der Waals surface area contributed by atoms with Crippen LogP contribution in [0, 0.1) is 16.0 Å². The summed E-state index contributed by atoms with van der Waals surface area (Å²) in [5, 5.41) is 14.8. The molecule has 2 aliphatic rings. The zero-order valence-electron chi connectivity index (χ0n) is 19.8. The van der Waals surface area contributed by atoms with Gasteiger partial charge in [0.2, 0.25) is 0 Å². The maximum Gasteiger partial charge on any atom is 0.293 e. The van der Waals surface area contributed by atoms with Crippen LogP contribution in [-0.4, -0.2) is 40.8 Å². The molecule has 2 bridgehead atoms. The Balaban J connectivity index is 1.24. The molecular weight excluding hydrogens is 476 g/mol. The highest BCUT2D eigenvalue weighted by molar-refractivity contribution is 7.98. The Hall–Kier alpha value is -3.59. The zero-order valence-corrected chi connectivity index (χ0v) is 20.7. The molecule has 9 heteroatoms. The molecule has 1 N–H and O–H groups in total. The van der Waals surface area contributed by atoms with Crippen molar-refractivity contribution >= 4 is 29.0 Å². The number of amides is 1. The molecule has 2 aromatic carbocycles. The number of nitro benzene ring substituents is 1. The van der Waals surface area contributed by atoms with Crippen molar-refractivity contribution in [1.29, 1.82) is 0 Å². The van der Waals surface area contributed by atoms with Crippen LogP contribution < -0.4 is 15.8 Å². The summed E-state index contributed by atoms with van der Waals surface area (Å²) in [7, 11) is 0. The van der Waals surface area contributed by atoms with Gasteiger partial charge in [0.15, 0.2) is 0 Å². The van der Waals surface area contributed by atoms with Gasteiger partial charge in [-0.15, -0.1) is 0 Å². The second-order valence-corrected chi connectivity index (χ2v) is 10.5. The first-order valence-electron chi connectivity index (χ1n) is 12.1. The smallest absolute Gasteiger partial charge is 0.293 e. The fourth-order valence-corrected chi connectivity index (χ4v) is 6.09. The zero-order chi connectivity index (χ0) is 25.1. The van der Waals surface area contributed by atoms with E-state index in [-0.39, 0.29) is 34.6 Å². The van der Waals surface area contributed by atoms with Crippen molar-refractivity contribution in [2.45, 2.75) is 24.6 Å². The van der Waals surface area contributed by atoms with Crippen molar-refractivity contribution in [1.82, 2.24) is 9.88 Å². The van der Waals surface area contributed by atoms with E-state index >= 15 is 0 Å². The lowest BCUT2D eigenvalue weighted by molar-refractivity contribution is -0.384. The number of nitrogens with one attached hydrogen (secondary N) is 1. The molecule has 1 fully saturated rings. The van der Waals surface area contributed by atoms with E-state index in [1.807, 2.05) is 33.7 Å². The highest BCUT2D eigenvalue weighted by Crippen LogP contribution is 2.39. The summed E-state index contributed by atoms with van der Waals surface area (Å²) in [6.07, 6.45) is 0.969. The van der Waals surface area contributed by atoms with Crippen LogP contribution in [0.1, 0.15) is 34.0 Å². The molecular formula is C27H28N4O4S. The van der Waals surface area contributed by atoms with Gasteiger partial charge in [0.1, 0.15) is 5.69 Å². The number of fused-ring (bicyclic) bond motifs is 4. The van der Waals surface area contributed by atoms with Crippen molar-refractivity contribution in [3.05, 3.63) is 104 Å². The topological polar surface area (TPSA) is 97.5 Å². The van der Waals surface area contributed by atoms with Crippen LogP contribution in [0.4, 0.5) is 11.4 Å². The predicted octanol–water partition coefficient (Wildman–Crippen LogP) is 4.04. The summed E-state index contributed by atoms with van der Waals surface area (Å²) in [6, 6.07) is 20.2. The largest absolute Gasteiger partial charge is 0.365 e. The molecule has 1 aromatic heterocycles. The summed E-state index contributed by atoms with van der Waals surface area (Å²) < 4.78 is 1.84. The fraction of sp³-hybridized carbons (Fsp3) is 0.333. The van der Waals surface area contributed by atoms with Gasteiger partial charge in [-0.05, 0) is 36.1 Å². The van der Waals surface area contributed by atoms with E-state index in [0.717, 1.165) is 23.6 Å². The highest BCUT2D eigenvalue weighted by Gasteiger charge is 2.36. The lowest BCUT2D eigenvalue weighted by atomic mass is 9.83. The van der Waals surface area contributed by atoms with Crippen LogP contribution in [0.25, 0.3) is 0 Å². The third-order valence-electron chi connectivity index (χ3n) is 6.90. The Morgan fingerprint density at radius 1 is 1.06 bits per heavy atom. The molecule has 1 saturated heterocycles. The summed E-state index contributed by atoms with van der Waals surface area (Å²) in [5.41, 5.74) is 2.98. The molecule has 0 aliphatic carbocycles. The standard InChI is InChI=1S/C27H28N4O4S/c32-26-8-4-7-23-22-13-20(16-30(23)26)15-29(17-22)24-10-9-21(14-25(24)31(34)35)27(33)28-11-12-36-18-19-5-2-1-3-6-19/h1-10,14,20,22H,11-13,15-18H2,(H,28,33)/t20-,22+/m1/s1. The molecule has 36 heavy (non-hydrogen) atoms. The highest BCUT2D eigenvalue weighted by atomic mass is 32.2. The number of carbonyl (C=O) groups excluding carboxylic acids is 1. The lowest BCUT2D eigenvalue weighted by Gasteiger charge is -2.43. The molecule has 0 radical (unpaired) electrons. The Kier molecular flexibility index (Phi) is 7.09. The third kappa shape index (κ3) is 5.16. The number of aromatic nitrogens is 1. The molecule has 2 aliphatic heterocycles. The van der Waals surface area contributed by atoms with Gasteiger partial charge in [-0.2, -0.15) is 11.8 Å². The first-order valence-corrected chi connectivity index (χ1v) is 13.3. The number of piperidine rings is 1. The van der Waals surface area contributed by atoms with Crippen molar-refractivity contribution in [2.75, 3.05) is 30.3 Å². The summed E-state index contributed by atoms with van der Waals surface area (Å²) in [5.74, 6) is 1.69. The SMILES string of the molecule is O=C(NCCSCc1ccccc1)c1ccc(N2C[C@H]3C[C@@H](C2)c2cccc(=O)n2C3)c([N+](=O)[O-])c1. The first-order chi connectivity index (χ1) is 17.5. The monoisotopic (exact) mass is 504 g/mol. The van der Waals surface area contributed by atoms with E-state index in [1.165, 1.54) is 11.6 Å². The normalized spacial score (nSPS) is 18.4. The van der Waals surface area contributed by atoms with Gasteiger partial charge in [0.05, 0.1) is 4.92 Å². The predicted molar refractivity (Wildman–Crippen MR) is 142 cm³/mol. The molecule has 0 spiro atoms. The average molecular weight is 505 g/mol. The molecule has 0 unspecified atom stereocenters. The van der Waals surface area contributed by atoms with E-state index in [4.69, 9.17) is 0 Å². The van der Waals surface area contributed by atoms with Crippen molar-refractivity contribution in [2.24, 2.45) is 5.92 Å². The van der Waals surface area contributed by atoms with Crippen LogP contribution in [0.5, 0.6) is 0 Å². The maximum absolute atomic E-state index is 12.7. The number of nitro groups is 1. The van der Waals surface area contributed by atoms with Gasteiger partial charge in [0.25, 0.3) is 17.2 Å². The molecule has 8 nitrogen and oxygen atoms in total. The summed E-state index contributed by atoms with van der Waals surface area (Å²) >= 11 is 1.73. The molecule has 186 valence electrons. The Morgan fingerprint density at radius 3 is 2.69 bits per heavy atom. The number of anilines is 1. The van der Waals surface area contributed by atoms with Crippen LogP contribution in [0.15, 0.2) is 71.5 Å². The minimum atomic E-state index is -0.412. The third-order valence-corrected chi connectivity index (χ3v) is 7.93. The molecule has 5 rings (SSSR count). The maximum atomic E-state index is 12.7. The minimum absolute atomic E-state index is 0.00969. The number of thioether (sulfide) groups is 1. The second-order valence-electron chi connectivity index (χ2n) is 9.36. The molecule has 3 aromatic rings. The Morgan fingerprint density at radius 2 is 1.89 bits per heavy atom. The molecule has 2 atom stereocenters. The Labute approximate surface area is 213 Å². The van der Waals surface area contributed by atoms with Crippen LogP contribution >= 0.6 is 11.8 Å². The van der Waals surface area contributed by atoms with Gasteiger partial charge in [-0.3, -0.25) is 19.7 Å². The van der Waals surface area contributed by atoms with Gasteiger partial charge in [0, 0.05) is 67.0 Å². The number of benzene rings is 2. The van der Waals surface area contributed by atoms with Crippen molar-refractivity contribution < 1.29 is 9.72 Å². The Bertz CT molecular complexity index is 1330. The first kappa shape index (κ1) is 24.1.